The molecule has 2 aromatic carbocycles. The smallest absolute Gasteiger partial charge is 0.255 e. The molecule has 0 unspecified atom stereocenters. The number of amides is 1. The van der Waals surface area contributed by atoms with Crippen LogP contribution in [0.2, 0.25) is 0 Å². The fourth-order valence-electron chi connectivity index (χ4n) is 4.35. The largest absolute Gasteiger partial charge is 0.350 e. The van der Waals surface area contributed by atoms with Gasteiger partial charge in [0.15, 0.2) is 5.65 Å². The number of fused-ring (bicyclic) bond motifs is 2. The fraction of sp³-hybridized carbons (Fsp3) is 0.222. The van der Waals surface area contributed by atoms with Gasteiger partial charge in [0.2, 0.25) is 5.95 Å². The highest BCUT2D eigenvalue weighted by Gasteiger charge is 2.18. The van der Waals surface area contributed by atoms with E-state index in [1.54, 1.807) is 6.20 Å². The quantitative estimate of drug-likeness (QED) is 0.323. The molecule has 0 aliphatic heterocycles. The van der Waals surface area contributed by atoms with Crippen molar-refractivity contribution < 1.29 is 13.6 Å². The SMILES string of the molecule is Cc1cccc([C@H](C)NC(=O)c2cn(C)c3ccc(-c4ccn5nc(NCC(F)F)nc5c4)cc23)c1. The van der Waals surface area contributed by atoms with Crippen LogP contribution in [0, 0.1) is 6.92 Å². The monoisotopic (exact) mass is 488 g/mol. The number of anilines is 1. The minimum atomic E-state index is -2.49. The normalized spacial score (nSPS) is 12.4. The lowest BCUT2D eigenvalue weighted by molar-refractivity contribution is 0.0941. The molecular formula is C27H26F2N6O. The Hall–Kier alpha value is -4.27. The van der Waals surface area contributed by atoms with Gasteiger partial charge in [0.25, 0.3) is 12.3 Å². The van der Waals surface area contributed by atoms with Gasteiger partial charge < -0.3 is 15.2 Å². The van der Waals surface area contributed by atoms with Crippen molar-refractivity contribution >= 4 is 28.4 Å². The molecule has 9 heteroatoms. The lowest BCUT2D eigenvalue weighted by atomic mass is 10.0. The van der Waals surface area contributed by atoms with Crippen LogP contribution >= 0.6 is 0 Å². The van der Waals surface area contributed by atoms with E-state index in [-0.39, 0.29) is 17.9 Å². The molecule has 3 aromatic heterocycles. The number of carbonyl (C=O) groups excluding carboxylic acids is 1. The molecule has 0 bridgehead atoms. The van der Waals surface area contributed by atoms with Crippen molar-refractivity contribution in [2.75, 3.05) is 11.9 Å². The molecule has 36 heavy (non-hydrogen) atoms. The van der Waals surface area contributed by atoms with Gasteiger partial charge in [-0.25, -0.2) is 13.3 Å². The highest BCUT2D eigenvalue weighted by molar-refractivity contribution is 6.08. The maximum atomic E-state index is 13.3. The number of nitrogens with one attached hydrogen (secondary N) is 2. The van der Waals surface area contributed by atoms with E-state index in [0.29, 0.717) is 11.2 Å². The van der Waals surface area contributed by atoms with Crippen molar-refractivity contribution in [3.63, 3.8) is 0 Å². The van der Waals surface area contributed by atoms with Crippen molar-refractivity contribution in [3.8, 4) is 11.1 Å². The molecule has 2 N–H and O–H groups in total. The lowest BCUT2D eigenvalue weighted by Crippen LogP contribution is -2.26. The molecule has 7 nitrogen and oxygen atoms in total. The van der Waals surface area contributed by atoms with Crippen molar-refractivity contribution in [1.82, 2.24) is 24.5 Å². The first-order valence-electron chi connectivity index (χ1n) is 11.6. The first-order chi connectivity index (χ1) is 17.3. The predicted molar refractivity (Wildman–Crippen MR) is 136 cm³/mol. The van der Waals surface area contributed by atoms with E-state index in [0.717, 1.165) is 33.2 Å². The average Bonchev–Trinajstić information content (AvgIpc) is 3.42. The zero-order chi connectivity index (χ0) is 25.4. The highest BCUT2D eigenvalue weighted by atomic mass is 19.3. The van der Waals surface area contributed by atoms with Crippen LogP contribution in [0.25, 0.3) is 27.7 Å². The number of aromatic nitrogens is 4. The molecule has 5 aromatic rings. The zero-order valence-electron chi connectivity index (χ0n) is 20.2. The molecule has 5 rings (SSSR count). The summed E-state index contributed by atoms with van der Waals surface area (Å²) in [6, 6.07) is 17.6. The van der Waals surface area contributed by atoms with Crippen LogP contribution < -0.4 is 10.6 Å². The van der Waals surface area contributed by atoms with Crippen molar-refractivity contribution in [2.45, 2.75) is 26.3 Å². The maximum Gasteiger partial charge on any atom is 0.255 e. The second kappa shape index (κ2) is 9.41. The van der Waals surface area contributed by atoms with Gasteiger partial charge in [-0.05, 0) is 54.8 Å². The maximum absolute atomic E-state index is 13.3. The number of aryl methyl sites for hydroxylation is 2. The van der Waals surface area contributed by atoms with E-state index in [2.05, 4.69) is 26.8 Å². The minimum absolute atomic E-state index is 0.140. The summed E-state index contributed by atoms with van der Waals surface area (Å²) in [5.74, 6) is 0.00191. The van der Waals surface area contributed by atoms with E-state index in [1.165, 1.54) is 4.52 Å². The Balaban J connectivity index is 1.45. The number of carbonyl (C=O) groups is 1. The van der Waals surface area contributed by atoms with Gasteiger partial charge >= 0.3 is 0 Å². The molecule has 0 aliphatic rings. The molecule has 1 amide bonds. The summed E-state index contributed by atoms with van der Waals surface area (Å²) in [6.07, 6.45) is 1.09. The van der Waals surface area contributed by atoms with Crippen LogP contribution in [0.4, 0.5) is 14.7 Å². The van der Waals surface area contributed by atoms with Crippen LogP contribution in [0.1, 0.15) is 34.5 Å². The topological polar surface area (TPSA) is 76.2 Å². The number of benzene rings is 2. The summed E-state index contributed by atoms with van der Waals surface area (Å²) in [5.41, 5.74) is 6.04. The average molecular weight is 489 g/mol. The van der Waals surface area contributed by atoms with Crippen LogP contribution in [-0.2, 0) is 7.05 Å². The second-order valence-electron chi connectivity index (χ2n) is 8.92. The second-order valence-corrected chi connectivity index (χ2v) is 8.92. The Morgan fingerprint density at radius 3 is 2.67 bits per heavy atom. The van der Waals surface area contributed by atoms with E-state index in [1.807, 2.05) is 80.2 Å². The van der Waals surface area contributed by atoms with Gasteiger partial charge in [-0.15, -0.1) is 5.10 Å². The molecule has 0 saturated carbocycles. The molecule has 0 aliphatic carbocycles. The zero-order valence-corrected chi connectivity index (χ0v) is 20.2. The minimum Gasteiger partial charge on any atom is -0.350 e. The van der Waals surface area contributed by atoms with E-state index >= 15 is 0 Å². The summed E-state index contributed by atoms with van der Waals surface area (Å²) in [6.45, 7) is 3.49. The summed E-state index contributed by atoms with van der Waals surface area (Å²) in [4.78, 5) is 17.6. The third kappa shape index (κ3) is 4.64. The van der Waals surface area contributed by atoms with Gasteiger partial charge in [0.05, 0.1) is 18.2 Å². The molecule has 3 heterocycles. The molecule has 1 atom stereocenters. The third-order valence-electron chi connectivity index (χ3n) is 6.21. The number of hydrogen-bond acceptors (Lipinski definition) is 4. The lowest BCUT2D eigenvalue weighted by Gasteiger charge is -2.14. The van der Waals surface area contributed by atoms with Crippen molar-refractivity contribution in [3.05, 3.63) is 83.7 Å². The predicted octanol–water partition coefficient (Wildman–Crippen LogP) is 5.36. The first-order valence-corrected chi connectivity index (χ1v) is 11.6. The number of rotatable bonds is 7. The molecular weight excluding hydrogens is 462 g/mol. The summed E-state index contributed by atoms with van der Waals surface area (Å²) in [5, 5.41) is 10.7. The molecule has 0 radical (unpaired) electrons. The van der Waals surface area contributed by atoms with Crippen LogP contribution in [0.15, 0.2) is 67.0 Å². The first kappa shape index (κ1) is 23.5. The Kier molecular flexibility index (Phi) is 6.13. The molecule has 0 spiro atoms. The van der Waals surface area contributed by atoms with Gasteiger partial charge in [-0.2, -0.15) is 4.98 Å². The van der Waals surface area contributed by atoms with E-state index in [9.17, 15) is 13.6 Å². The summed E-state index contributed by atoms with van der Waals surface area (Å²) < 4.78 is 28.5. The number of nitrogens with zero attached hydrogens (tertiary/aromatic N) is 4. The van der Waals surface area contributed by atoms with Gasteiger partial charge in [0.1, 0.15) is 0 Å². The fourth-order valence-corrected chi connectivity index (χ4v) is 4.35. The summed E-state index contributed by atoms with van der Waals surface area (Å²) in [7, 11) is 1.92. The number of hydrogen-bond donors (Lipinski definition) is 2. The standard InChI is InChI=1S/C27H26F2N6O/c1-16-5-4-6-18(11-16)17(2)31-26(36)22-15-34(3)23-8-7-19(12-21(22)23)20-9-10-35-25(13-20)32-27(33-35)30-14-24(28)29/h4-13,15,17,24H,14H2,1-3H3,(H,30,33)(H,31,36)/t17-/m0/s1. The van der Waals surface area contributed by atoms with E-state index in [4.69, 9.17) is 0 Å². The van der Waals surface area contributed by atoms with Crippen LogP contribution in [0.3, 0.4) is 0 Å². The van der Waals surface area contributed by atoms with Gasteiger partial charge in [-0.1, -0.05) is 35.9 Å². The van der Waals surface area contributed by atoms with E-state index < -0.39 is 13.0 Å². The van der Waals surface area contributed by atoms with Crippen LogP contribution in [-0.4, -0.2) is 38.0 Å². The third-order valence-corrected chi connectivity index (χ3v) is 6.21. The molecule has 0 fully saturated rings. The Morgan fingerprint density at radius 1 is 1.08 bits per heavy atom. The molecule has 0 saturated heterocycles. The Labute approximate surface area is 206 Å². The summed E-state index contributed by atoms with van der Waals surface area (Å²) >= 11 is 0. The van der Waals surface area contributed by atoms with Crippen LogP contribution in [0.5, 0.6) is 0 Å². The Bertz CT molecular complexity index is 1570. The molecule has 184 valence electrons. The number of alkyl halides is 2. The highest BCUT2D eigenvalue weighted by Crippen LogP contribution is 2.29. The van der Waals surface area contributed by atoms with Crippen molar-refractivity contribution in [2.24, 2.45) is 7.05 Å². The van der Waals surface area contributed by atoms with Gasteiger partial charge in [0, 0.05) is 30.3 Å². The van der Waals surface area contributed by atoms with Crippen molar-refractivity contribution in [1.29, 1.82) is 0 Å². The number of pyridine rings is 1. The van der Waals surface area contributed by atoms with Gasteiger partial charge in [-0.3, -0.25) is 4.79 Å². The number of halogens is 2. The Morgan fingerprint density at radius 2 is 1.89 bits per heavy atom.